The van der Waals surface area contributed by atoms with Crippen molar-refractivity contribution in [1.82, 2.24) is 50.8 Å². The number of rotatable bonds is 6. The molecule has 2 spiro atoms. The number of ether oxygens (including phenoxy) is 2. The molecule has 8 rings (SSSR count). The maximum absolute atomic E-state index is 15.5. The molecule has 8 amide bonds. The molecule has 4 aromatic rings. The zero-order valence-electron chi connectivity index (χ0n) is 45.9. The van der Waals surface area contributed by atoms with E-state index in [0.717, 1.165) is 31.4 Å². The maximum Gasteiger partial charge on any atom is 0.332 e. The van der Waals surface area contributed by atoms with Crippen LogP contribution in [0.2, 0.25) is 0 Å². The van der Waals surface area contributed by atoms with E-state index in [1.165, 1.54) is 54.2 Å². The average Bonchev–Trinajstić information content (AvgIpc) is 4.54. The Morgan fingerprint density at radius 3 is 1.49 bits per heavy atom. The second kappa shape index (κ2) is 23.3. The third-order valence-electron chi connectivity index (χ3n) is 15.7. The van der Waals surface area contributed by atoms with Crippen LogP contribution in [0.1, 0.15) is 68.4 Å². The van der Waals surface area contributed by atoms with Gasteiger partial charge >= 0.3 is 11.9 Å². The summed E-state index contributed by atoms with van der Waals surface area (Å²) in [7, 11) is 2.56. The molecule has 2 saturated heterocycles. The molecule has 12 unspecified atom stereocenters. The Hall–Kier alpha value is -7.94. The van der Waals surface area contributed by atoms with Gasteiger partial charge in [0, 0.05) is 49.8 Å². The molecule has 4 aliphatic rings. The number of benzene rings is 2. The molecule has 2 aromatic heterocycles. The van der Waals surface area contributed by atoms with Crippen molar-refractivity contribution < 1.29 is 71.8 Å². The third-order valence-corrected chi connectivity index (χ3v) is 19.1. The number of amides is 8. The number of aromatic nitrogens is 2. The van der Waals surface area contributed by atoms with Gasteiger partial charge in [0.25, 0.3) is 11.8 Å². The third kappa shape index (κ3) is 11.3. The predicted molar refractivity (Wildman–Crippen MR) is 293 cm³/mol. The number of carbonyl (C=O) groups excluding carboxylic acids is 10. The number of para-hydroxylation sites is 2. The topological polar surface area (TPSA) is 334 Å². The molecule has 4 heterocycles. The van der Waals surface area contributed by atoms with Crippen molar-refractivity contribution in [2.45, 2.75) is 99.4 Å². The number of cyclic esters (lactones) is 2. The zero-order valence-corrected chi connectivity index (χ0v) is 47.5. The maximum atomic E-state index is 15.5. The summed E-state index contributed by atoms with van der Waals surface area (Å²) in [6, 6.07) is 5.60. The number of aromatic hydroxyl groups is 2. The van der Waals surface area contributed by atoms with E-state index in [-0.39, 0.29) is 18.6 Å². The molecule has 2 aliphatic heterocycles. The Morgan fingerprint density at radius 2 is 1.07 bits per heavy atom. The lowest BCUT2D eigenvalue weighted by Crippen LogP contribution is -2.62. The van der Waals surface area contributed by atoms with Crippen LogP contribution in [0.25, 0.3) is 21.8 Å². The molecular formula is C54H64N10O15S2. The highest BCUT2D eigenvalue weighted by molar-refractivity contribution is 8.11. The number of esters is 2. The first kappa shape index (κ1) is 59.2. The Bertz CT molecular complexity index is 3300. The van der Waals surface area contributed by atoms with Gasteiger partial charge in [-0.3, -0.25) is 42.6 Å². The van der Waals surface area contributed by atoms with Crippen molar-refractivity contribution in [2.24, 2.45) is 11.8 Å². The van der Waals surface area contributed by atoms with E-state index < -0.39 is 176 Å². The number of likely N-dealkylation sites (N-methyl/N-ethyl adjacent to an activating group) is 4. The van der Waals surface area contributed by atoms with Gasteiger partial charge in [-0.05, 0) is 68.5 Å². The molecule has 432 valence electrons. The number of nitrogens with zero attached hydrogens (tertiary/aromatic N) is 6. The lowest BCUT2D eigenvalue weighted by Gasteiger charge is -2.39. The molecule has 2 aliphatic carbocycles. The first-order valence-corrected chi connectivity index (χ1v) is 28.5. The summed E-state index contributed by atoms with van der Waals surface area (Å²) in [6.45, 7) is 5.72. The van der Waals surface area contributed by atoms with E-state index >= 15 is 13.8 Å². The average molecular weight is 1160 g/mol. The SMILES string of the molecule is CCSC1C2C(=O)N(C)C3(CC3C)C(=O)OCC(NC(=O)c3nc4ccccc4cc3O)C(=O)NC(C)C(=O)N(C)C(CS1=O)C(=O)N(C)C1(CC1C)C(=O)OCC(NC(=O)c1nc3ccccc3cc1O)C(=O)NC(C)C(=O)N2C. The molecule has 6 N–H and O–H groups in total. The van der Waals surface area contributed by atoms with E-state index in [1.54, 1.807) is 69.3 Å². The summed E-state index contributed by atoms with van der Waals surface area (Å²) in [5, 5.41) is 32.7. The highest BCUT2D eigenvalue weighted by Crippen LogP contribution is 2.50. The van der Waals surface area contributed by atoms with Crippen molar-refractivity contribution >= 4 is 104 Å². The zero-order chi connectivity index (χ0) is 59.2. The molecule has 27 heteroatoms. The van der Waals surface area contributed by atoms with E-state index in [0.29, 0.717) is 21.8 Å². The fourth-order valence-corrected chi connectivity index (χ4v) is 14.0. The van der Waals surface area contributed by atoms with Crippen molar-refractivity contribution in [2.75, 3.05) is 52.9 Å². The largest absolute Gasteiger partial charge is 0.505 e. The van der Waals surface area contributed by atoms with Crippen LogP contribution in [0.4, 0.5) is 0 Å². The van der Waals surface area contributed by atoms with Gasteiger partial charge in [0.1, 0.15) is 76.6 Å². The van der Waals surface area contributed by atoms with Crippen LogP contribution in [0, 0.1) is 11.8 Å². The van der Waals surface area contributed by atoms with E-state index in [2.05, 4.69) is 31.2 Å². The lowest BCUT2D eigenvalue weighted by molar-refractivity contribution is -0.161. The van der Waals surface area contributed by atoms with Crippen molar-refractivity contribution in [1.29, 1.82) is 0 Å². The number of hydrogen-bond donors (Lipinski definition) is 6. The Morgan fingerprint density at radius 1 is 0.667 bits per heavy atom. The van der Waals surface area contributed by atoms with Gasteiger partial charge in [-0.1, -0.05) is 57.2 Å². The minimum absolute atomic E-state index is 0.000231. The first-order chi connectivity index (χ1) is 38.3. The molecule has 2 bridgehead atoms. The van der Waals surface area contributed by atoms with Gasteiger partial charge in [-0.15, -0.1) is 11.8 Å². The molecule has 4 fully saturated rings. The summed E-state index contributed by atoms with van der Waals surface area (Å²) in [6.07, 6.45) is -0.00224. The minimum atomic E-state index is -2.40. The smallest absolute Gasteiger partial charge is 0.332 e. The van der Waals surface area contributed by atoms with Gasteiger partial charge in [-0.25, -0.2) is 19.6 Å². The highest BCUT2D eigenvalue weighted by Gasteiger charge is 2.66. The van der Waals surface area contributed by atoms with Crippen LogP contribution in [0.5, 0.6) is 11.5 Å². The molecule has 2 aromatic carbocycles. The number of fused-ring (bicyclic) bond motifs is 6. The summed E-state index contributed by atoms with van der Waals surface area (Å²) in [4.78, 5) is 158. The standard InChI is InChI=1S/C54H64N10O15S2/c1-10-80-50-41-49(74)64(9)54(22-27(54)3)52(76)79-24-34(59-44(69)39-37(65)19-30-15-11-13-17-32(30)57-39)42(67)55-28(4)46(71)61(6)36(25-81(50)77)48(73)63(8)53(21-26(53)2)51(75)78-23-35(43(68)56-29(5)47(72)62(41)7)60-45(70)40-38(66)20-31-16-12-14-18-33(31)58-40/h11-20,26-29,34-36,41,50,65-66H,10,21-25H2,1-9H3,(H,55,67)(H,56,68)(H,59,69)(H,60,70). The van der Waals surface area contributed by atoms with Gasteiger partial charge in [0.05, 0.1) is 16.8 Å². The van der Waals surface area contributed by atoms with E-state index in [9.17, 15) is 48.6 Å². The van der Waals surface area contributed by atoms with Gasteiger partial charge < -0.3 is 60.6 Å². The lowest BCUT2D eigenvalue weighted by atomic mass is 10.1. The predicted octanol–water partition coefficient (Wildman–Crippen LogP) is 0.170. The summed E-state index contributed by atoms with van der Waals surface area (Å²) in [5.41, 5.74) is -3.89. The molecule has 2 saturated carbocycles. The van der Waals surface area contributed by atoms with E-state index in [1.807, 2.05) is 0 Å². The number of pyridine rings is 2. The van der Waals surface area contributed by atoms with E-state index in [4.69, 9.17) is 9.47 Å². The first-order valence-electron chi connectivity index (χ1n) is 26.1. The number of carbonyl (C=O) groups is 10. The van der Waals surface area contributed by atoms with Crippen LogP contribution in [-0.4, -0.2) is 208 Å². The fraction of sp³-hybridized carbons (Fsp3) is 0.481. The Labute approximate surface area is 472 Å². The highest BCUT2D eigenvalue weighted by atomic mass is 32.2. The van der Waals surface area contributed by atoms with Crippen LogP contribution in [-0.2, 0) is 58.6 Å². The van der Waals surface area contributed by atoms with Crippen LogP contribution in [0.15, 0.2) is 60.7 Å². The van der Waals surface area contributed by atoms with Crippen molar-refractivity contribution in [3.8, 4) is 11.5 Å². The summed E-state index contributed by atoms with van der Waals surface area (Å²) in [5.74, 6) is -13.0. The molecular weight excluding hydrogens is 1090 g/mol. The number of thioether (sulfide) groups is 1. The second-order valence-electron chi connectivity index (χ2n) is 20.9. The second-order valence-corrected chi connectivity index (χ2v) is 24.2. The Balaban J connectivity index is 1.21. The number of hydrogen-bond acceptors (Lipinski definition) is 18. The van der Waals surface area contributed by atoms with Gasteiger partial charge in [0.2, 0.25) is 35.4 Å². The Kier molecular flexibility index (Phi) is 17.0. The normalized spacial score (nSPS) is 30.2. The van der Waals surface area contributed by atoms with Gasteiger partial charge in [-0.2, -0.15) is 0 Å². The van der Waals surface area contributed by atoms with Gasteiger partial charge in [0.15, 0.2) is 11.4 Å². The summed E-state index contributed by atoms with van der Waals surface area (Å²) >= 11 is 0.972. The van der Waals surface area contributed by atoms with Crippen LogP contribution < -0.4 is 21.3 Å². The molecule has 25 nitrogen and oxygen atoms in total. The number of nitrogens with one attached hydrogen (secondary N) is 4. The summed E-state index contributed by atoms with van der Waals surface area (Å²) < 4.78 is 25.5. The molecule has 0 radical (unpaired) electrons. The van der Waals surface area contributed by atoms with Crippen LogP contribution >= 0.6 is 11.8 Å². The van der Waals surface area contributed by atoms with Crippen LogP contribution in [0.3, 0.4) is 0 Å². The van der Waals surface area contributed by atoms with Crippen molar-refractivity contribution in [3.05, 3.63) is 72.1 Å². The fourth-order valence-electron chi connectivity index (χ4n) is 10.5. The minimum Gasteiger partial charge on any atom is -0.505 e. The quantitative estimate of drug-likeness (QED) is 0.140. The molecule has 81 heavy (non-hydrogen) atoms. The molecule has 12 atom stereocenters. The van der Waals surface area contributed by atoms with Crippen molar-refractivity contribution in [3.63, 3.8) is 0 Å². The monoisotopic (exact) mass is 1160 g/mol.